The predicted molar refractivity (Wildman–Crippen MR) is 138 cm³/mol. The fourth-order valence-corrected chi connectivity index (χ4v) is 4.39. The van der Waals surface area contributed by atoms with Gasteiger partial charge in [0.1, 0.15) is 5.00 Å². The SMILES string of the molecule is CCOC(=O)c1c(NC(=O)/C=C/c2ccc(C(C)C)cc2)sc(C(=O)Nc2ccccc2)c1C. The van der Waals surface area contributed by atoms with Crippen LogP contribution >= 0.6 is 11.3 Å². The first-order chi connectivity index (χ1) is 16.3. The normalized spacial score (nSPS) is 11.0. The Morgan fingerprint density at radius 3 is 2.29 bits per heavy atom. The first kappa shape index (κ1) is 24.9. The molecule has 1 aromatic heterocycles. The quantitative estimate of drug-likeness (QED) is 0.297. The number of ether oxygens (including phenoxy) is 1. The van der Waals surface area contributed by atoms with Gasteiger partial charge in [-0.05, 0) is 54.7 Å². The summed E-state index contributed by atoms with van der Waals surface area (Å²) >= 11 is 1.04. The highest BCUT2D eigenvalue weighted by Crippen LogP contribution is 2.34. The van der Waals surface area contributed by atoms with E-state index in [2.05, 4.69) is 24.5 Å². The zero-order valence-corrected chi connectivity index (χ0v) is 20.5. The smallest absolute Gasteiger partial charge is 0.341 e. The first-order valence-electron chi connectivity index (χ1n) is 11.1. The predicted octanol–water partition coefficient (Wildman–Crippen LogP) is 6.26. The lowest BCUT2D eigenvalue weighted by molar-refractivity contribution is -0.111. The number of benzene rings is 2. The molecule has 7 heteroatoms. The molecule has 2 N–H and O–H groups in total. The van der Waals surface area contributed by atoms with Crippen LogP contribution in [0, 0.1) is 6.92 Å². The number of carbonyl (C=O) groups excluding carboxylic acids is 3. The van der Waals surface area contributed by atoms with Crippen LogP contribution in [0.3, 0.4) is 0 Å². The summed E-state index contributed by atoms with van der Waals surface area (Å²) in [5, 5.41) is 5.83. The molecule has 3 aromatic rings. The number of amides is 2. The van der Waals surface area contributed by atoms with E-state index in [1.807, 2.05) is 42.5 Å². The first-order valence-corrected chi connectivity index (χ1v) is 11.9. The molecule has 0 saturated heterocycles. The van der Waals surface area contributed by atoms with Gasteiger partial charge in [0.05, 0.1) is 17.0 Å². The Balaban J connectivity index is 1.82. The maximum atomic E-state index is 12.9. The molecule has 0 aliphatic rings. The molecule has 0 fully saturated rings. The minimum atomic E-state index is -0.585. The van der Waals surface area contributed by atoms with Gasteiger partial charge in [-0.1, -0.05) is 56.3 Å². The van der Waals surface area contributed by atoms with Crippen molar-refractivity contribution in [3.63, 3.8) is 0 Å². The molecule has 176 valence electrons. The van der Waals surface area contributed by atoms with E-state index in [9.17, 15) is 14.4 Å². The highest BCUT2D eigenvalue weighted by molar-refractivity contribution is 7.19. The van der Waals surface area contributed by atoms with Crippen LogP contribution in [0.25, 0.3) is 6.08 Å². The Labute approximate surface area is 203 Å². The summed E-state index contributed by atoms with van der Waals surface area (Å²) < 4.78 is 5.17. The molecule has 2 aromatic carbocycles. The van der Waals surface area contributed by atoms with Crippen molar-refractivity contribution < 1.29 is 19.1 Å². The molecular formula is C27H28N2O4S. The summed E-state index contributed by atoms with van der Waals surface area (Å²) in [4.78, 5) is 38.4. The fourth-order valence-electron chi connectivity index (χ4n) is 3.29. The highest BCUT2D eigenvalue weighted by atomic mass is 32.1. The van der Waals surface area contributed by atoms with Gasteiger partial charge in [0, 0.05) is 11.8 Å². The Bertz CT molecular complexity index is 1200. The number of carbonyl (C=O) groups is 3. The van der Waals surface area contributed by atoms with Crippen LogP contribution in [0.5, 0.6) is 0 Å². The van der Waals surface area contributed by atoms with Crippen molar-refractivity contribution in [2.24, 2.45) is 0 Å². The van der Waals surface area contributed by atoms with Crippen LogP contribution in [-0.2, 0) is 9.53 Å². The number of rotatable bonds is 8. The average molecular weight is 477 g/mol. The lowest BCUT2D eigenvalue weighted by atomic mass is 10.0. The molecule has 6 nitrogen and oxygen atoms in total. The van der Waals surface area contributed by atoms with Crippen molar-refractivity contribution >= 4 is 45.9 Å². The molecule has 3 rings (SSSR count). The van der Waals surface area contributed by atoms with Crippen molar-refractivity contribution in [1.29, 1.82) is 0 Å². The standard InChI is InChI=1S/C27H28N2O4S/c1-5-33-27(32)23-18(4)24(25(31)28-21-9-7-6-8-10-21)34-26(23)29-22(30)16-13-19-11-14-20(15-12-19)17(2)3/h6-17H,5H2,1-4H3,(H,28,31)(H,29,30)/b16-13+. The number of thiophene rings is 1. The van der Waals surface area contributed by atoms with Gasteiger partial charge in [0.25, 0.3) is 5.91 Å². The Morgan fingerprint density at radius 1 is 1.00 bits per heavy atom. The van der Waals surface area contributed by atoms with E-state index in [1.165, 1.54) is 11.6 Å². The van der Waals surface area contributed by atoms with Crippen molar-refractivity contribution in [2.45, 2.75) is 33.6 Å². The maximum absolute atomic E-state index is 12.9. The summed E-state index contributed by atoms with van der Waals surface area (Å²) in [5.74, 6) is -0.924. The van der Waals surface area contributed by atoms with Gasteiger partial charge in [-0.2, -0.15) is 0 Å². The van der Waals surface area contributed by atoms with Gasteiger partial charge in [0.15, 0.2) is 0 Å². The molecule has 0 spiro atoms. The van der Waals surface area contributed by atoms with Gasteiger partial charge in [-0.3, -0.25) is 9.59 Å². The van der Waals surface area contributed by atoms with Crippen LogP contribution in [-0.4, -0.2) is 24.4 Å². The summed E-state index contributed by atoms with van der Waals surface area (Å²) in [6.45, 7) is 7.80. The van der Waals surface area contributed by atoms with Crippen molar-refractivity contribution in [3.8, 4) is 0 Å². The summed E-state index contributed by atoms with van der Waals surface area (Å²) in [5.41, 5.74) is 3.38. The van der Waals surface area contributed by atoms with E-state index >= 15 is 0 Å². The summed E-state index contributed by atoms with van der Waals surface area (Å²) in [7, 11) is 0. The van der Waals surface area contributed by atoms with Crippen LogP contribution in [0.2, 0.25) is 0 Å². The van der Waals surface area contributed by atoms with E-state index in [4.69, 9.17) is 4.74 Å². The van der Waals surface area contributed by atoms with E-state index < -0.39 is 11.9 Å². The van der Waals surface area contributed by atoms with Crippen molar-refractivity contribution in [3.05, 3.63) is 87.8 Å². The molecule has 0 saturated carbocycles. The molecule has 0 bridgehead atoms. The van der Waals surface area contributed by atoms with Crippen LogP contribution in [0.1, 0.15) is 63.4 Å². The Kier molecular flexibility index (Phi) is 8.38. The number of nitrogens with one attached hydrogen (secondary N) is 2. The molecule has 0 radical (unpaired) electrons. The molecule has 0 unspecified atom stereocenters. The van der Waals surface area contributed by atoms with E-state index in [-0.39, 0.29) is 23.1 Å². The monoisotopic (exact) mass is 476 g/mol. The number of esters is 1. The van der Waals surface area contributed by atoms with Gasteiger partial charge < -0.3 is 15.4 Å². The summed E-state index contributed by atoms with van der Waals surface area (Å²) in [6.07, 6.45) is 3.10. The average Bonchev–Trinajstić information content (AvgIpc) is 3.14. The third-order valence-corrected chi connectivity index (χ3v) is 6.34. The second-order valence-corrected chi connectivity index (χ2v) is 8.97. The van der Waals surface area contributed by atoms with Crippen LogP contribution in [0.4, 0.5) is 10.7 Å². The molecule has 2 amide bonds. The summed E-state index contributed by atoms with van der Waals surface area (Å²) in [6, 6.07) is 17.0. The lowest BCUT2D eigenvalue weighted by Crippen LogP contribution is -2.13. The number of anilines is 2. The third kappa shape index (κ3) is 6.20. The molecule has 34 heavy (non-hydrogen) atoms. The lowest BCUT2D eigenvalue weighted by Gasteiger charge is -2.06. The van der Waals surface area contributed by atoms with Gasteiger partial charge >= 0.3 is 5.97 Å². The zero-order chi connectivity index (χ0) is 24.7. The van der Waals surface area contributed by atoms with Crippen molar-refractivity contribution in [2.75, 3.05) is 17.2 Å². The maximum Gasteiger partial charge on any atom is 0.341 e. The van der Waals surface area contributed by atoms with Gasteiger partial charge in [-0.25, -0.2) is 4.79 Å². The van der Waals surface area contributed by atoms with E-state index in [0.717, 1.165) is 16.9 Å². The second kappa shape index (κ2) is 11.4. The number of para-hydroxylation sites is 1. The Hall–Kier alpha value is -3.71. The van der Waals surface area contributed by atoms with E-state index in [1.54, 1.807) is 32.1 Å². The molecule has 1 heterocycles. The molecule has 0 atom stereocenters. The second-order valence-electron chi connectivity index (χ2n) is 7.94. The molecule has 0 aliphatic carbocycles. The fraction of sp³-hybridized carbons (Fsp3) is 0.222. The minimum absolute atomic E-state index is 0.180. The topological polar surface area (TPSA) is 84.5 Å². The largest absolute Gasteiger partial charge is 0.462 e. The number of hydrogen-bond acceptors (Lipinski definition) is 5. The van der Waals surface area contributed by atoms with Gasteiger partial charge in [-0.15, -0.1) is 11.3 Å². The van der Waals surface area contributed by atoms with E-state index in [0.29, 0.717) is 22.0 Å². The Morgan fingerprint density at radius 2 is 1.68 bits per heavy atom. The minimum Gasteiger partial charge on any atom is -0.462 e. The molecular weight excluding hydrogens is 448 g/mol. The van der Waals surface area contributed by atoms with Crippen molar-refractivity contribution in [1.82, 2.24) is 0 Å². The van der Waals surface area contributed by atoms with Crippen LogP contribution in [0.15, 0.2) is 60.7 Å². The van der Waals surface area contributed by atoms with Gasteiger partial charge in [0.2, 0.25) is 5.91 Å². The third-order valence-electron chi connectivity index (χ3n) is 5.13. The highest BCUT2D eigenvalue weighted by Gasteiger charge is 2.26. The zero-order valence-electron chi connectivity index (χ0n) is 19.7. The van der Waals surface area contributed by atoms with Crippen LogP contribution < -0.4 is 10.6 Å². The molecule has 0 aliphatic heterocycles. The number of hydrogen-bond donors (Lipinski definition) is 2.